The lowest BCUT2D eigenvalue weighted by Crippen LogP contribution is -2.09. The molecule has 0 aromatic heterocycles. The topological polar surface area (TPSA) is 17.1 Å². The van der Waals surface area contributed by atoms with Crippen LogP contribution in [0.5, 0.6) is 0 Å². The largest absolute Gasteiger partial charge is 0.318 e. The maximum Gasteiger partial charge on any atom is 0.119 e. The molecule has 2 heteroatoms. The van der Waals surface area contributed by atoms with Crippen LogP contribution in [0.4, 0.5) is 0 Å². The molecular formula is C18H23OP. The molecule has 0 spiro atoms. The minimum absolute atomic E-state index is 0.672. The molecule has 1 nitrogen and oxygen atoms in total. The zero-order chi connectivity index (χ0) is 14.8. The van der Waals surface area contributed by atoms with E-state index in [-0.39, 0.29) is 0 Å². The van der Waals surface area contributed by atoms with Crippen LogP contribution in [0.1, 0.15) is 29.2 Å². The Morgan fingerprint density at radius 2 is 1.50 bits per heavy atom. The first-order chi connectivity index (χ1) is 9.46. The molecule has 0 saturated carbocycles. The van der Waals surface area contributed by atoms with Crippen LogP contribution >= 0.6 is 7.14 Å². The summed E-state index contributed by atoms with van der Waals surface area (Å²) >= 11 is 0. The highest BCUT2D eigenvalue weighted by Gasteiger charge is 2.24. The summed E-state index contributed by atoms with van der Waals surface area (Å²) in [6.45, 7) is 8.40. The Bertz CT molecular complexity index is 621. The maximum absolute atomic E-state index is 13.3. The van der Waals surface area contributed by atoms with E-state index in [1.807, 2.05) is 37.3 Å². The van der Waals surface area contributed by atoms with Crippen LogP contribution < -0.4 is 5.30 Å². The molecule has 2 rings (SSSR count). The van der Waals surface area contributed by atoms with E-state index < -0.39 is 7.14 Å². The van der Waals surface area contributed by atoms with Gasteiger partial charge in [0.1, 0.15) is 7.14 Å². The van der Waals surface area contributed by atoms with Crippen molar-refractivity contribution in [3.05, 3.63) is 64.7 Å². The van der Waals surface area contributed by atoms with Gasteiger partial charge in [0.2, 0.25) is 0 Å². The Balaban J connectivity index is 2.44. The summed E-state index contributed by atoms with van der Waals surface area (Å²) < 4.78 is 13.3. The average molecular weight is 286 g/mol. The smallest absolute Gasteiger partial charge is 0.119 e. The second-order valence-corrected chi connectivity index (χ2v) is 8.82. The molecule has 0 aliphatic rings. The molecule has 0 fully saturated rings. The van der Waals surface area contributed by atoms with Crippen molar-refractivity contribution in [3.63, 3.8) is 0 Å². The monoisotopic (exact) mass is 286 g/mol. The highest BCUT2D eigenvalue weighted by atomic mass is 31.2. The Hall–Kier alpha value is -1.33. The first-order valence-corrected chi connectivity index (χ1v) is 9.24. The number of hydrogen-bond donors (Lipinski definition) is 0. The first kappa shape index (κ1) is 15.1. The van der Waals surface area contributed by atoms with Gasteiger partial charge in [-0.2, -0.15) is 0 Å². The summed E-state index contributed by atoms with van der Waals surface area (Å²) in [4.78, 5) is 0. The Morgan fingerprint density at radius 3 is 2.00 bits per heavy atom. The van der Waals surface area contributed by atoms with Gasteiger partial charge in [0.25, 0.3) is 0 Å². The fourth-order valence-corrected chi connectivity index (χ4v) is 5.30. The van der Waals surface area contributed by atoms with Crippen LogP contribution in [0, 0.1) is 20.8 Å². The number of aryl methyl sites for hydroxylation is 3. The summed E-state index contributed by atoms with van der Waals surface area (Å²) in [5.74, 6) is 0. The van der Waals surface area contributed by atoms with Crippen LogP contribution in [0.25, 0.3) is 0 Å². The summed E-state index contributed by atoms with van der Waals surface area (Å²) in [5, 5.41) is 1.00. The molecule has 0 radical (unpaired) electrons. The molecule has 0 bridgehead atoms. The zero-order valence-electron chi connectivity index (χ0n) is 12.8. The molecule has 0 aliphatic heterocycles. The molecule has 1 atom stereocenters. The third-order valence-electron chi connectivity index (χ3n) is 3.99. The van der Waals surface area contributed by atoms with Crippen LogP contribution in [0.2, 0.25) is 0 Å². The molecular weight excluding hydrogens is 263 g/mol. The van der Waals surface area contributed by atoms with E-state index >= 15 is 0 Å². The lowest BCUT2D eigenvalue weighted by Gasteiger charge is -2.20. The van der Waals surface area contributed by atoms with Gasteiger partial charge in [-0.15, -0.1) is 0 Å². The predicted molar refractivity (Wildman–Crippen MR) is 88.6 cm³/mol. The van der Waals surface area contributed by atoms with Crippen molar-refractivity contribution in [2.45, 2.75) is 33.9 Å². The second kappa shape index (κ2) is 5.97. The van der Waals surface area contributed by atoms with Crippen molar-refractivity contribution in [2.75, 3.05) is 6.16 Å². The minimum Gasteiger partial charge on any atom is -0.318 e. The molecule has 0 saturated heterocycles. The van der Waals surface area contributed by atoms with E-state index in [2.05, 4.69) is 32.9 Å². The van der Waals surface area contributed by atoms with Gasteiger partial charge in [0.05, 0.1) is 0 Å². The summed E-state index contributed by atoms with van der Waals surface area (Å²) in [6, 6.07) is 14.3. The molecule has 2 aromatic carbocycles. The third-order valence-corrected chi connectivity index (χ3v) is 7.08. The molecule has 0 aliphatic carbocycles. The fraction of sp³-hybridized carbons (Fsp3) is 0.333. The predicted octanol–water partition coefficient (Wildman–Crippen LogP) is 4.82. The van der Waals surface area contributed by atoms with Crippen molar-refractivity contribution in [1.29, 1.82) is 0 Å². The van der Waals surface area contributed by atoms with E-state index in [9.17, 15) is 4.57 Å². The van der Waals surface area contributed by atoms with Gasteiger partial charge in [-0.1, -0.05) is 55.0 Å². The van der Waals surface area contributed by atoms with Crippen molar-refractivity contribution >= 4 is 12.4 Å². The van der Waals surface area contributed by atoms with Crippen LogP contribution in [0.15, 0.2) is 42.5 Å². The van der Waals surface area contributed by atoms with E-state index in [1.165, 1.54) is 22.3 Å². The highest BCUT2D eigenvalue weighted by molar-refractivity contribution is 7.70. The Kier molecular flexibility index (Phi) is 4.50. The van der Waals surface area contributed by atoms with Crippen molar-refractivity contribution in [3.8, 4) is 0 Å². The van der Waals surface area contributed by atoms with Gasteiger partial charge >= 0.3 is 0 Å². The molecule has 0 heterocycles. The zero-order valence-corrected chi connectivity index (χ0v) is 13.7. The fourth-order valence-electron chi connectivity index (χ4n) is 2.80. The lowest BCUT2D eigenvalue weighted by molar-refractivity contribution is 0.581. The van der Waals surface area contributed by atoms with E-state index in [4.69, 9.17) is 0 Å². The Labute approximate surface area is 122 Å². The van der Waals surface area contributed by atoms with Gasteiger partial charge < -0.3 is 4.57 Å². The molecule has 1 unspecified atom stereocenters. The van der Waals surface area contributed by atoms with Crippen molar-refractivity contribution in [1.82, 2.24) is 0 Å². The highest BCUT2D eigenvalue weighted by Crippen LogP contribution is 2.48. The van der Waals surface area contributed by atoms with Gasteiger partial charge in [0.15, 0.2) is 0 Å². The van der Waals surface area contributed by atoms with E-state index in [1.54, 1.807) is 0 Å². The Morgan fingerprint density at radius 1 is 0.950 bits per heavy atom. The minimum atomic E-state index is -2.34. The normalized spacial score (nSPS) is 14.0. The van der Waals surface area contributed by atoms with Gasteiger partial charge in [-0.05, 0) is 37.5 Å². The van der Waals surface area contributed by atoms with Gasteiger partial charge in [-0.3, -0.25) is 0 Å². The summed E-state index contributed by atoms with van der Waals surface area (Å²) in [5.41, 5.74) is 5.04. The van der Waals surface area contributed by atoms with Crippen molar-refractivity contribution in [2.24, 2.45) is 0 Å². The van der Waals surface area contributed by atoms with Crippen LogP contribution in [-0.2, 0) is 10.7 Å². The lowest BCUT2D eigenvalue weighted by atomic mass is 10.0. The van der Waals surface area contributed by atoms with Crippen LogP contribution in [-0.4, -0.2) is 6.16 Å². The van der Waals surface area contributed by atoms with Gasteiger partial charge in [-0.25, -0.2) is 0 Å². The third kappa shape index (κ3) is 3.04. The average Bonchev–Trinajstić information content (AvgIpc) is 2.43. The second-order valence-electron chi connectivity index (χ2n) is 5.58. The molecule has 0 amide bonds. The van der Waals surface area contributed by atoms with Gasteiger partial charge in [0, 0.05) is 17.6 Å². The molecule has 106 valence electrons. The van der Waals surface area contributed by atoms with E-state index in [0.717, 1.165) is 5.30 Å². The van der Waals surface area contributed by atoms with E-state index in [0.29, 0.717) is 12.3 Å². The number of benzene rings is 2. The van der Waals surface area contributed by atoms with Crippen LogP contribution in [0.3, 0.4) is 0 Å². The first-order valence-electron chi connectivity index (χ1n) is 7.16. The summed E-state index contributed by atoms with van der Waals surface area (Å²) in [6.07, 6.45) is 1.38. The molecule has 0 N–H and O–H groups in total. The van der Waals surface area contributed by atoms with Crippen molar-refractivity contribution < 1.29 is 4.57 Å². The molecule has 20 heavy (non-hydrogen) atoms. The number of hydrogen-bond acceptors (Lipinski definition) is 1. The number of rotatable bonds is 4. The standard InChI is InChI=1S/C18H23OP/c1-5-20(19,17-9-7-6-8-10-17)13-18-15(3)11-14(2)12-16(18)4/h6-12H,5,13H2,1-4H3. The molecule has 2 aromatic rings. The summed E-state index contributed by atoms with van der Waals surface area (Å²) in [7, 11) is -2.34. The SMILES string of the molecule is CCP(=O)(Cc1c(C)cc(C)cc1C)c1ccccc1. The quantitative estimate of drug-likeness (QED) is 0.736. The maximum atomic E-state index is 13.3.